The van der Waals surface area contributed by atoms with E-state index in [1.807, 2.05) is 35.9 Å². The van der Waals surface area contributed by atoms with Crippen LogP contribution in [0.5, 0.6) is 0 Å². The Morgan fingerprint density at radius 2 is 1.61 bits per heavy atom. The molecule has 4 heteroatoms. The molecule has 3 nitrogen and oxygen atoms in total. The molecular formula is C24H21N3S. The molecule has 3 aromatic carbocycles. The Labute approximate surface area is 169 Å². The van der Waals surface area contributed by atoms with E-state index in [9.17, 15) is 0 Å². The molecule has 0 saturated heterocycles. The molecule has 0 saturated carbocycles. The molecule has 28 heavy (non-hydrogen) atoms. The van der Waals surface area contributed by atoms with Gasteiger partial charge in [0.2, 0.25) is 5.13 Å². The van der Waals surface area contributed by atoms with Gasteiger partial charge in [0.05, 0.1) is 11.9 Å². The highest BCUT2D eigenvalue weighted by molar-refractivity contribution is 7.14. The van der Waals surface area contributed by atoms with Crippen LogP contribution in [0.3, 0.4) is 0 Å². The van der Waals surface area contributed by atoms with Crippen molar-refractivity contribution in [2.24, 2.45) is 5.10 Å². The first-order valence-corrected chi connectivity index (χ1v) is 10.0. The van der Waals surface area contributed by atoms with E-state index in [0.29, 0.717) is 0 Å². The van der Waals surface area contributed by atoms with Gasteiger partial charge in [-0.15, -0.1) is 11.3 Å². The van der Waals surface area contributed by atoms with Gasteiger partial charge in [0.25, 0.3) is 0 Å². The van der Waals surface area contributed by atoms with Crippen molar-refractivity contribution < 1.29 is 0 Å². The second kappa shape index (κ2) is 8.19. The highest BCUT2D eigenvalue weighted by Crippen LogP contribution is 2.25. The molecule has 0 fully saturated rings. The molecule has 4 rings (SSSR count). The SMILES string of the molecule is Cc1ccc(-c2cccc(C=NNc3nc(-c4ccccc4)cs3)c2)cc1C. The highest BCUT2D eigenvalue weighted by Gasteiger charge is 2.03. The number of hydrogen-bond donors (Lipinski definition) is 1. The number of hydrogen-bond acceptors (Lipinski definition) is 4. The normalized spacial score (nSPS) is 11.1. The Balaban J connectivity index is 1.47. The van der Waals surface area contributed by atoms with Crippen molar-refractivity contribution in [1.29, 1.82) is 0 Å². The zero-order valence-corrected chi connectivity index (χ0v) is 16.7. The summed E-state index contributed by atoms with van der Waals surface area (Å²) >= 11 is 1.55. The lowest BCUT2D eigenvalue weighted by Crippen LogP contribution is -1.91. The summed E-state index contributed by atoms with van der Waals surface area (Å²) in [4.78, 5) is 4.59. The molecule has 1 aromatic heterocycles. The minimum Gasteiger partial charge on any atom is -0.253 e. The standard InChI is InChI=1S/C24H21N3S/c1-17-11-12-22(13-18(17)2)21-10-6-7-19(14-21)15-25-27-24-26-23(16-28-24)20-8-4-3-5-9-20/h3-16H,1-2H3,(H,26,27). The first-order valence-electron chi connectivity index (χ1n) is 9.17. The maximum absolute atomic E-state index is 4.59. The molecule has 1 N–H and O–H groups in total. The maximum atomic E-state index is 4.59. The van der Waals surface area contributed by atoms with Crippen LogP contribution >= 0.6 is 11.3 Å². The van der Waals surface area contributed by atoms with Crippen molar-refractivity contribution in [2.75, 3.05) is 5.43 Å². The van der Waals surface area contributed by atoms with Crippen molar-refractivity contribution in [3.05, 3.63) is 94.9 Å². The first-order chi connectivity index (χ1) is 13.7. The highest BCUT2D eigenvalue weighted by atomic mass is 32.1. The molecular weight excluding hydrogens is 362 g/mol. The van der Waals surface area contributed by atoms with E-state index in [4.69, 9.17) is 0 Å². The molecule has 0 amide bonds. The van der Waals surface area contributed by atoms with Crippen LogP contribution in [0.25, 0.3) is 22.4 Å². The molecule has 0 aliphatic carbocycles. The molecule has 138 valence electrons. The van der Waals surface area contributed by atoms with E-state index in [1.54, 1.807) is 11.3 Å². The van der Waals surface area contributed by atoms with E-state index in [1.165, 1.54) is 22.3 Å². The van der Waals surface area contributed by atoms with Crippen LogP contribution in [-0.4, -0.2) is 11.2 Å². The van der Waals surface area contributed by atoms with Crippen molar-refractivity contribution >= 4 is 22.7 Å². The lowest BCUT2D eigenvalue weighted by Gasteiger charge is -2.06. The third-order valence-corrected chi connectivity index (χ3v) is 5.42. The molecule has 1 heterocycles. The van der Waals surface area contributed by atoms with E-state index in [-0.39, 0.29) is 0 Å². The van der Waals surface area contributed by atoms with Crippen LogP contribution in [0.1, 0.15) is 16.7 Å². The molecule has 0 radical (unpaired) electrons. The first kappa shape index (κ1) is 18.1. The minimum atomic E-state index is 0.778. The van der Waals surface area contributed by atoms with Gasteiger partial charge in [0.1, 0.15) is 0 Å². The predicted octanol–water partition coefficient (Wildman–Crippen LogP) is 6.54. The largest absolute Gasteiger partial charge is 0.253 e. The number of anilines is 1. The number of thiazole rings is 1. The number of aryl methyl sites for hydroxylation is 2. The topological polar surface area (TPSA) is 37.3 Å². The van der Waals surface area contributed by atoms with Crippen LogP contribution in [0.4, 0.5) is 5.13 Å². The van der Waals surface area contributed by atoms with Crippen LogP contribution in [0.2, 0.25) is 0 Å². The van der Waals surface area contributed by atoms with Gasteiger partial charge in [-0.3, -0.25) is 5.43 Å². The minimum absolute atomic E-state index is 0.778. The summed E-state index contributed by atoms with van der Waals surface area (Å²) in [5.41, 5.74) is 11.2. The monoisotopic (exact) mass is 383 g/mol. The fraction of sp³-hybridized carbons (Fsp3) is 0.0833. The van der Waals surface area contributed by atoms with E-state index >= 15 is 0 Å². The number of nitrogens with zero attached hydrogens (tertiary/aromatic N) is 2. The predicted molar refractivity (Wildman–Crippen MR) is 120 cm³/mol. The summed E-state index contributed by atoms with van der Waals surface area (Å²) in [7, 11) is 0. The number of nitrogens with one attached hydrogen (secondary N) is 1. The fourth-order valence-corrected chi connectivity index (χ4v) is 3.62. The summed E-state index contributed by atoms with van der Waals surface area (Å²) in [6.07, 6.45) is 1.83. The summed E-state index contributed by atoms with van der Waals surface area (Å²) in [6.45, 7) is 4.28. The number of aromatic nitrogens is 1. The summed E-state index contributed by atoms with van der Waals surface area (Å²) in [6, 6.07) is 25.1. The van der Waals surface area contributed by atoms with Gasteiger partial charge in [0, 0.05) is 10.9 Å². The van der Waals surface area contributed by atoms with Gasteiger partial charge in [-0.05, 0) is 47.7 Å². The van der Waals surface area contributed by atoms with Gasteiger partial charge in [-0.2, -0.15) is 5.10 Å². The van der Waals surface area contributed by atoms with Crippen molar-refractivity contribution in [3.63, 3.8) is 0 Å². The van der Waals surface area contributed by atoms with E-state index in [2.05, 4.69) is 77.9 Å². The average molecular weight is 384 g/mol. The Bertz CT molecular complexity index is 1110. The fourth-order valence-electron chi connectivity index (χ4n) is 2.95. The van der Waals surface area contributed by atoms with Crippen LogP contribution in [0.15, 0.2) is 83.3 Å². The van der Waals surface area contributed by atoms with Crippen LogP contribution in [0, 0.1) is 13.8 Å². The van der Waals surface area contributed by atoms with Crippen LogP contribution in [-0.2, 0) is 0 Å². The average Bonchev–Trinajstić information content (AvgIpc) is 3.20. The number of hydrazone groups is 1. The maximum Gasteiger partial charge on any atom is 0.203 e. The van der Waals surface area contributed by atoms with Gasteiger partial charge >= 0.3 is 0 Å². The lowest BCUT2D eigenvalue weighted by atomic mass is 9.99. The summed E-state index contributed by atoms with van der Waals surface area (Å²) < 4.78 is 0. The third-order valence-electron chi connectivity index (χ3n) is 4.67. The van der Waals surface area contributed by atoms with Gasteiger partial charge in [0.15, 0.2) is 0 Å². The molecule has 0 bridgehead atoms. The summed E-state index contributed by atoms with van der Waals surface area (Å²) in [5, 5.41) is 7.17. The second-order valence-corrected chi connectivity index (χ2v) is 7.56. The smallest absolute Gasteiger partial charge is 0.203 e. The quantitative estimate of drug-likeness (QED) is 0.314. The zero-order valence-electron chi connectivity index (χ0n) is 15.9. The number of benzene rings is 3. The summed E-state index contributed by atoms with van der Waals surface area (Å²) in [5.74, 6) is 0. The Morgan fingerprint density at radius 1 is 0.821 bits per heavy atom. The third kappa shape index (κ3) is 4.18. The van der Waals surface area contributed by atoms with Gasteiger partial charge < -0.3 is 0 Å². The van der Waals surface area contributed by atoms with Crippen LogP contribution < -0.4 is 5.43 Å². The number of rotatable bonds is 5. The Hall–Kier alpha value is -3.24. The van der Waals surface area contributed by atoms with Gasteiger partial charge in [-0.25, -0.2) is 4.98 Å². The molecule has 0 unspecified atom stereocenters. The Kier molecular flexibility index (Phi) is 5.31. The van der Waals surface area contributed by atoms with Gasteiger partial charge in [-0.1, -0.05) is 66.7 Å². The molecule has 0 atom stereocenters. The van der Waals surface area contributed by atoms with E-state index in [0.717, 1.165) is 22.0 Å². The van der Waals surface area contributed by atoms with Crippen molar-refractivity contribution in [3.8, 4) is 22.4 Å². The lowest BCUT2D eigenvalue weighted by molar-refractivity contribution is 1.29. The zero-order chi connectivity index (χ0) is 19.3. The van der Waals surface area contributed by atoms with Crippen molar-refractivity contribution in [1.82, 2.24) is 4.98 Å². The second-order valence-electron chi connectivity index (χ2n) is 6.70. The molecule has 0 aliphatic rings. The molecule has 0 aliphatic heterocycles. The Morgan fingerprint density at radius 3 is 2.43 bits per heavy atom. The van der Waals surface area contributed by atoms with Crippen molar-refractivity contribution in [2.45, 2.75) is 13.8 Å². The molecule has 0 spiro atoms. The molecule has 4 aromatic rings. The van der Waals surface area contributed by atoms with E-state index < -0.39 is 0 Å².